The molecule has 0 unspecified atom stereocenters. The predicted molar refractivity (Wildman–Crippen MR) is 97.2 cm³/mol. The fourth-order valence-corrected chi connectivity index (χ4v) is 1.91. The Morgan fingerprint density at radius 2 is 1.81 bits per heavy atom. The van der Waals surface area contributed by atoms with Gasteiger partial charge in [0.1, 0.15) is 17.3 Å². The first-order valence-corrected chi connectivity index (χ1v) is 7.86. The van der Waals surface area contributed by atoms with Gasteiger partial charge in [0.25, 0.3) is 5.91 Å². The van der Waals surface area contributed by atoms with Crippen molar-refractivity contribution in [3.8, 4) is 11.5 Å². The predicted octanol–water partition coefficient (Wildman–Crippen LogP) is 1.99. The zero-order valence-electron chi connectivity index (χ0n) is 14.6. The van der Waals surface area contributed by atoms with Crippen molar-refractivity contribution in [3.63, 3.8) is 0 Å². The molecular weight excluding hydrogens is 336 g/mol. The Labute approximate surface area is 151 Å². The molecule has 1 aromatic heterocycles. The molecule has 0 aliphatic heterocycles. The Morgan fingerprint density at radius 3 is 2.46 bits per heavy atom. The van der Waals surface area contributed by atoms with Crippen LogP contribution in [0.25, 0.3) is 0 Å². The first-order chi connectivity index (χ1) is 12.6. The zero-order valence-corrected chi connectivity index (χ0v) is 14.6. The second kappa shape index (κ2) is 9.77. The summed E-state index contributed by atoms with van der Waals surface area (Å²) in [5, 5.41) is 6.52. The molecule has 0 fully saturated rings. The van der Waals surface area contributed by atoms with Gasteiger partial charge in [-0.15, -0.1) is 0 Å². The second-order valence-electron chi connectivity index (χ2n) is 5.29. The SMILES string of the molecule is COc1ccc(OCC(=O)NN=C(C)CC(=O)Nc2ccccn2)cc1. The lowest BCUT2D eigenvalue weighted by molar-refractivity contribution is -0.123. The molecule has 0 bridgehead atoms. The summed E-state index contributed by atoms with van der Waals surface area (Å²) >= 11 is 0. The highest BCUT2D eigenvalue weighted by Gasteiger charge is 2.06. The number of hydrazone groups is 1. The maximum absolute atomic E-state index is 11.9. The number of hydrogen-bond donors (Lipinski definition) is 2. The highest BCUT2D eigenvalue weighted by atomic mass is 16.5. The van der Waals surface area contributed by atoms with E-state index in [-0.39, 0.29) is 18.9 Å². The van der Waals surface area contributed by atoms with Gasteiger partial charge in [-0.3, -0.25) is 9.59 Å². The Morgan fingerprint density at radius 1 is 1.08 bits per heavy atom. The fraction of sp³-hybridized carbons (Fsp3) is 0.222. The van der Waals surface area contributed by atoms with E-state index in [4.69, 9.17) is 9.47 Å². The first kappa shape index (κ1) is 18.9. The first-order valence-electron chi connectivity index (χ1n) is 7.86. The van der Waals surface area contributed by atoms with E-state index in [2.05, 4.69) is 20.8 Å². The molecule has 0 atom stereocenters. The molecule has 136 valence electrons. The number of hydrogen-bond acceptors (Lipinski definition) is 6. The number of benzene rings is 1. The average Bonchev–Trinajstić information content (AvgIpc) is 2.65. The number of carbonyl (C=O) groups is 2. The molecule has 0 spiro atoms. The van der Waals surface area contributed by atoms with E-state index in [1.54, 1.807) is 62.7 Å². The topological polar surface area (TPSA) is 102 Å². The van der Waals surface area contributed by atoms with E-state index in [1.165, 1.54) is 0 Å². The van der Waals surface area contributed by atoms with Crippen LogP contribution in [0.15, 0.2) is 53.8 Å². The quantitative estimate of drug-likeness (QED) is 0.556. The van der Waals surface area contributed by atoms with Gasteiger partial charge in [-0.25, -0.2) is 10.4 Å². The maximum Gasteiger partial charge on any atom is 0.277 e. The van der Waals surface area contributed by atoms with Crippen molar-refractivity contribution < 1.29 is 19.1 Å². The van der Waals surface area contributed by atoms with Gasteiger partial charge in [-0.2, -0.15) is 5.10 Å². The molecule has 2 rings (SSSR count). The van der Waals surface area contributed by atoms with Crippen molar-refractivity contribution in [1.82, 2.24) is 10.4 Å². The summed E-state index contributed by atoms with van der Waals surface area (Å²) < 4.78 is 10.4. The second-order valence-corrected chi connectivity index (χ2v) is 5.29. The van der Waals surface area contributed by atoms with Crippen molar-refractivity contribution in [1.29, 1.82) is 0 Å². The largest absolute Gasteiger partial charge is 0.497 e. The third-order valence-electron chi connectivity index (χ3n) is 3.15. The monoisotopic (exact) mass is 356 g/mol. The van der Waals surface area contributed by atoms with Crippen molar-refractivity contribution in [2.75, 3.05) is 19.0 Å². The Balaban J connectivity index is 1.72. The molecule has 0 aliphatic carbocycles. The van der Waals surface area contributed by atoms with Crippen LogP contribution >= 0.6 is 0 Å². The minimum atomic E-state index is -0.426. The van der Waals surface area contributed by atoms with E-state index in [1.807, 2.05) is 0 Å². The average molecular weight is 356 g/mol. The number of rotatable bonds is 8. The highest BCUT2D eigenvalue weighted by Crippen LogP contribution is 2.16. The van der Waals surface area contributed by atoms with E-state index in [9.17, 15) is 9.59 Å². The van der Waals surface area contributed by atoms with Gasteiger partial charge in [0, 0.05) is 11.9 Å². The molecule has 2 aromatic rings. The number of nitrogens with zero attached hydrogens (tertiary/aromatic N) is 2. The van der Waals surface area contributed by atoms with Crippen molar-refractivity contribution >= 4 is 23.3 Å². The number of methoxy groups -OCH3 is 1. The van der Waals surface area contributed by atoms with Crippen molar-refractivity contribution in [2.24, 2.45) is 5.10 Å². The molecular formula is C18H20N4O4. The van der Waals surface area contributed by atoms with Crippen molar-refractivity contribution in [2.45, 2.75) is 13.3 Å². The summed E-state index contributed by atoms with van der Waals surface area (Å²) in [5.41, 5.74) is 2.80. The number of amides is 2. The summed E-state index contributed by atoms with van der Waals surface area (Å²) in [6.07, 6.45) is 1.62. The molecule has 8 heteroatoms. The molecule has 26 heavy (non-hydrogen) atoms. The molecule has 2 N–H and O–H groups in total. The van der Waals surface area contributed by atoms with Crippen LogP contribution in [0.3, 0.4) is 0 Å². The van der Waals surface area contributed by atoms with E-state index in [0.717, 1.165) is 0 Å². The summed E-state index contributed by atoms with van der Waals surface area (Å²) in [7, 11) is 1.57. The van der Waals surface area contributed by atoms with Gasteiger partial charge in [-0.05, 0) is 43.3 Å². The van der Waals surface area contributed by atoms with Gasteiger partial charge < -0.3 is 14.8 Å². The van der Waals surface area contributed by atoms with Crippen LogP contribution in [0.1, 0.15) is 13.3 Å². The van der Waals surface area contributed by atoms with Crippen LogP contribution in [0, 0.1) is 0 Å². The lowest BCUT2D eigenvalue weighted by Gasteiger charge is -2.07. The Kier molecular flexibility index (Phi) is 7.11. The molecule has 0 radical (unpaired) electrons. The standard InChI is InChI=1S/C18H20N4O4/c1-13(11-17(23)20-16-5-3-4-10-19-16)21-22-18(24)12-26-15-8-6-14(25-2)7-9-15/h3-10H,11-12H2,1-2H3,(H,22,24)(H,19,20,23). The lowest BCUT2D eigenvalue weighted by atomic mass is 10.3. The molecule has 2 amide bonds. The Bertz CT molecular complexity index is 761. The molecule has 1 aromatic carbocycles. The minimum absolute atomic E-state index is 0.0379. The number of aromatic nitrogens is 1. The van der Waals surface area contributed by atoms with Gasteiger partial charge >= 0.3 is 0 Å². The number of anilines is 1. The van der Waals surface area contributed by atoms with E-state index >= 15 is 0 Å². The zero-order chi connectivity index (χ0) is 18.8. The summed E-state index contributed by atoms with van der Waals surface area (Å²) in [6.45, 7) is 1.45. The van der Waals surface area contributed by atoms with Crippen LogP contribution in [0.5, 0.6) is 11.5 Å². The number of nitrogens with one attached hydrogen (secondary N) is 2. The highest BCUT2D eigenvalue weighted by molar-refractivity contribution is 6.05. The molecule has 8 nitrogen and oxygen atoms in total. The minimum Gasteiger partial charge on any atom is -0.497 e. The summed E-state index contributed by atoms with van der Waals surface area (Å²) in [5.74, 6) is 1.00. The van der Waals surface area contributed by atoms with Crippen LogP contribution in [0.2, 0.25) is 0 Å². The molecule has 0 saturated carbocycles. The van der Waals surface area contributed by atoms with Crippen LogP contribution < -0.4 is 20.2 Å². The van der Waals surface area contributed by atoms with E-state index < -0.39 is 5.91 Å². The number of ether oxygens (including phenoxy) is 2. The normalized spacial score (nSPS) is 10.8. The maximum atomic E-state index is 11.9. The number of pyridine rings is 1. The van der Waals surface area contributed by atoms with Gasteiger partial charge in [-0.1, -0.05) is 6.07 Å². The van der Waals surface area contributed by atoms with E-state index in [0.29, 0.717) is 23.0 Å². The molecule has 0 saturated heterocycles. The lowest BCUT2D eigenvalue weighted by Crippen LogP contribution is -2.26. The fourth-order valence-electron chi connectivity index (χ4n) is 1.91. The van der Waals surface area contributed by atoms with Gasteiger partial charge in [0.05, 0.1) is 13.5 Å². The van der Waals surface area contributed by atoms with Crippen molar-refractivity contribution in [3.05, 3.63) is 48.7 Å². The molecule has 0 aliphatic rings. The van der Waals surface area contributed by atoms with Crippen LogP contribution in [-0.2, 0) is 9.59 Å². The summed E-state index contributed by atoms with van der Waals surface area (Å²) in [4.78, 5) is 27.6. The van der Waals surface area contributed by atoms with Gasteiger partial charge in [0.15, 0.2) is 6.61 Å². The smallest absolute Gasteiger partial charge is 0.277 e. The molecule has 1 heterocycles. The Hall–Kier alpha value is -3.42. The number of carbonyl (C=O) groups excluding carboxylic acids is 2. The van der Waals surface area contributed by atoms with Crippen LogP contribution in [-0.4, -0.2) is 36.2 Å². The third kappa shape index (κ3) is 6.60. The third-order valence-corrected chi connectivity index (χ3v) is 3.15. The summed E-state index contributed by atoms with van der Waals surface area (Å²) in [6, 6.07) is 12.1. The van der Waals surface area contributed by atoms with Gasteiger partial charge in [0.2, 0.25) is 5.91 Å². The van der Waals surface area contributed by atoms with Crippen LogP contribution in [0.4, 0.5) is 5.82 Å².